The van der Waals surface area contributed by atoms with Crippen LogP contribution in [-0.2, 0) is 19.6 Å². The molecule has 0 radical (unpaired) electrons. The van der Waals surface area contributed by atoms with Crippen LogP contribution >= 0.6 is 0 Å². The average Bonchev–Trinajstić information content (AvgIpc) is 2.44. The van der Waals surface area contributed by atoms with Crippen LogP contribution in [0.25, 0.3) is 0 Å². The quantitative estimate of drug-likeness (QED) is 0.898. The number of hydrogen-bond donors (Lipinski definition) is 1. The minimum Gasteiger partial charge on any atom is -0.311 e. The first-order chi connectivity index (χ1) is 9.81. The van der Waals surface area contributed by atoms with Gasteiger partial charge in [-0.2, -0.15) is 0 Å². The van der Waals surface area contributed by atoms with Crippen LogP contribution in [0.4, 0.5) is 0 Å². The molecule has 0 atom stereocenters. The lowest BCUT2D eigenvalue weighted by Gasteiger charge is -2.26. The second kappa shape index (κ2) is 6.21. The lowest BCUT2D eigenvalue weighted by Crippen LogP contribution is -2.34. The molecule has 3 rings (SSSR count). The highest BCUT2D eigenvalue weighted by Crippen LogP contribution is 2.16. The van der Waals surface area contributed by atoms with E-state index in [2.05, 4.69) is 65.7 Å². The largest absolute Gasteiger partial charge is 0.311 e. The molecule has 0 aliphatic carbocycles. The van der Waals surface area contributed by atoms with Gasteiger partial charge >= 0.3 is 0 Å². The van der Waals surface area contributed by atoms with Crippen LogP contribution in [0, 0.1) is 6.92 Å². The molecule has 2 aromatic rings. The Kier molecular flexibility index (Phi) is 4.14. The first-order valence-electron chi connectivity index (χ1n) is 7.37. The van der Waals surface area contributed by atoms with E-state index in [4.69, 9.17) is 0 Å². The Bertz CT molecular complexity index is 560. The van der Waals surface area contributed by atoms with Gasteiger partial charge in [0.2, 0.25) is 0 Å². The molecule has 0 saturated carbocycles. The summed E-state index contributed by atoms with van der Waals surface area (Å²) in [7, 11) is 0. The second-order valence-corrected chi connectivity index (χ2v) is 5.64. The summed E-state index contributed by atoms with van der Waals surface area (Å²) in [5.41, 5.74) is 5.61. The van der Waals surface area contributed by atoms with Gasteiger partial charge in [0.25, 0.3) is 0 Å². The van der Waals surface area contributed by atoms with Gasteiger partial charge in [-0.15, -0.1) is 0 Å². The number of benzene rings is 2. The molecule has 0 fully saturated rings. The van der Waals surface area contributed by atoms with Gasteiger partial charge in [-0.1, -0.05) is 54.1 Å². The molecule has 0 bridgehead atoms. The monoisotopic (exact) mass is 266 g/mol. The minimum absolute atomic E-state index is 0.995. The predicted molar refractivity (Wildman–Crippen MR) is 83.4 cm³/mol. The van der Waals surface area contributed by atoms with E-state index in [9.17, 15) is 0 Å². The molecule has 1 heterocycles. The van der Waals surface area contributed by atoms with Crippen molar-refractivity contribution in [1.82, 2.24) is 10.2 Å². The smallest absolute Gasteiger partial charge is 0.0241 e. The summed E-state index contributed by atoms with van der Waals surface area (Å²) in [6, 6.07) is 17.6. The van der Waals surface area contributed by atoms with E-state index in [1.54, 1.807) is 0 Å². The predicted octanol–water partition coefficient (Wildman–Crippen LogP) is 3.10. The molecular formula is C18H22N2. The highest BCUT2D eigenvalue weighted by atomic mass is 15.1. The highest BCUT2D eigenvalue weighted by molar-refractivity contribution is 5.28. The minimum atomic E-state index is 0.995. The van der Waals surface area contributed by atoms with E-state index in [1.165, 1.54) is 22.3 Å². The molecule has 1 aliphatic rings. The first-order valence-corrected chi connectivity index (χ1v) is 7.37. The van der Waals surface area contributed by atoms with Crippen molar-refractivity contribution >= 4 is 0 Å². The van der Waals surface area contributed by atoms with Crippen LogP contribution in [0.1, 0.15) is 22.3 Å². The standard InChI is InChI=1S/C18H22N2/c1-15-6-8-16(9-7-15)13-20-11-10-19-12-17-4-2-3-5-18(17)14-20/h2-9,19H,10-14H2,1H3. The molecule has 0 aromatic heterocycles. The van der Waals surface area contributed by atoms with Crippen molar-refractivity contribution in [2.75, 3.05) is 13.1 Å². The third-order valence-electron chi connectivity index (χ3n) is 3.96. The van der Waals surface area contributed by atoms with E-state index in [0.29, 0.717) is 0 Å². The summed E-state index contributed by atoms with van der Waals surface area (Å²) >= 11 is 0. The molecule has 104 valence electrons. The zero-order valence-corrected chi connectivity index (χ0v) is 12.1. The number of nitrogens with zero attached hydrogens (tertiary/aromatic N) is 1. The van der Waals surface area contributed by atoms with Crippen molar-refractivity contribution in [3.8, 4) is 0 Å². The number of rotatable bonds is 2. The molecule has 0 amide bonds. The van der Waals surface area contributed by atoms with Gasteiger partial charge < -0.3 is 5.32 Å². The van der Waals surface area contributed by atoms with Crippen molar-refractivity contribution in [2.45, 2.75) is 26.6 Å². The van der Waals surface area contributed by atoms with Crippen molar-refractivity contribution in [3.63, 3.8) is 0 Å². The van der Waals surface area contributed by atoms with Gasteiger partial charge in [-0.05, 0) is 23.6 Å². The average molecular weight is 266 g/mol. The van der Waals surface area contributed by atoms with Gasteiger partial charge in [-0.3, -0.25) is 4.90 Å². The molecule has 20 heavy (non-hydrogen) atoms. The van der Waals surface area contributed by atoms with Crippen molar-refractivity contribution in [3.05, 3.63) is 70.8 Å². The van der Waals surface area contributed by atoms with E-state index in [0.717, 1.165) is 32.7 Å². The molecule has 0 saturated heterocycles. The maximum atomic E-state index is 3.53. The summed E-state index contributed by atoms with van der Waals surface area (Å²) in [5, 5.41) is 3.53. The Morgan fingerprint density at radius 3 is 2.55 bits per heavy atom. The van der Waals surface area contributed by atoms with E-state index < -0.39 is 0 Å². The van der Waals surface area contributed by atoms with Crippen molar-refractivity contribution < 1.29 is 0 Å². The van der Waals surface area contributed by atoms with Crippen molar-refractivity contribution in [2.24, 2.45) is 0 Å². The number of fused-ring (bicyclic) bond motifs is 1. The lowest BCUT2D eigenvalue weighted by molar-refractivity contribution is 0.250. The number of aryl methyl sites for hydroxylation is 1. The Morgan fingerprint density at radius 1 is 1.00 bits per heavy atom. The van der Waals surface area contributed by atoms with Gasteiger partial charge in [0.15, 0.2) is 0 Å². The second-order valence-electron chi connectivity index (χ2n) is 5.64. The summed E-state index contributed by atoms with van der Waals surface area (Å²) in [5.74, 6) is 0. The molecule has 1 N–H and O–H groups in total. The molecule has 0 unspecified atom stereocenters. The third kappa shape index (κ3) is 3.27. The SMILES string of the molecule is Cc1ccc(CN2CCNCc3ccccc3C2)cc1. The Hall–Kier alpha value is -1.64. The molecule has 2 nitrogen and oxygen atoms in total. The molecule has 2 heteroatoms. The molecule has 0 spiro atoms. The van der Waals surface area contributed by atoms with Crippen LogP contribution in [0.15, 0.2) is 48.5 Å². The van der Waals surface area contributed by atoms with E-state index >= 15 is 0 Å². The van der Waals surface area contributed by atoms with Crippen molar-refractivity contribution in [1.29, 1.82) is 0 Å². The zero-order valence-electron chi connectivity index (χ0n) is 12.1. The summed E-state index contributed by atoms with van der Waals surface area (Å²) in [6.45, 7) is 7.36. The number of hydrogen-bond acceptors (Lipinski definition) is 2. The van der Waals surface area contributed by atoms with Gasteiger partial charge in [0.05, 0.1) is 0 Å². The lowest BCUT2D eigenvalue weighted by atomic mass is 10.1. The first kappa shape index (κ1) is 13.3. The normalized spacial score (nSPS) is 16.2. The molecular weight excluding hydrogens is 244 g/mol. The van der Waals surface area contributed by atoms with Crippen LogP contribution in [0.3, 0.4) is 0 Å². The van der Waals surface area contributed by atoms with E-state index in [1.807, 2.05) is 0 Å². The fraction of sp³-hybridized carbons (Fsp3) is 0.333. The third-order valence-corrected chi connectivity index (χ3v) is 3.96. The summed E-state index contributed by atoms with van der Waals surface area (Å²) in [4.78, 5) is 2.52. The fourth-order valence-corrected chi connectivity index (χ4v) is 2.75. The summed E-state index contributed by atoms with van der Waals surface area (Å²) in [6.07, 6.45) is 0. The Balaban J connectivity index is 1.75. The van der Waals surface area contributed by atoms with Gasteiger partial charge in [0, 0.05) is 32.7 Å². The molecule has 1 aliphatic heterocycles. The van der Waals surface area contributed by atoms with E-state index in [-0.39, 0.29) is 0 Å². The Labute approximate surface area is 121 Å². The number of nitrogens with one attached hydrogen (secondary N) is 1. The fourth-order valence-electron chi connectivity index (χ4n) is 2.75. The maximum absolute atomic E-state index is 3.53. The van der Waals surface area contributed by atoms with Crippen LogP contribution in [0.2, 0.25) is 0 Å². The molecule has 2 aromatic carbocycles. The van der Waals surface area contributed by atoms with Gasteiger partial charge in [-0.25, -0.2) is 0 Å². The van der Waals surface area contributed by atoms with Crippen LogP contribution in [-0.4, -0.2) is 18.0 Å². The van der Waals surface area contributed by atoms with Crippen LogP contribution in [0.5, 0.6) is 0 Å². The topological polar surface area (TPSA) is 15.3 Å². The maximum Gasteiger partial charge on any atom is 0.0241 e. The zero-order chi connectivity index (χ0) is 13.8. The van der Waals surface area contributed by atoms with Gasteiger partial charge in [0.1, 0.15) is 0 Å². The summed E-state index contributed by atoms with van der Waals surface area (Å²) < 4.78 is 0. The Morgan fingerprint density at radius 2 is 1.75 bits per heavy atom. The van der Waals surface area contributed by atoms with Crippen LogP contribution < -0.4 is 5.32 Å². The highest BCUT2D eigenvalue weighted by Gasteiger charge is 2.12.